The number of piperazine rings is 1. The first-order chi connectivity index (χ1) is 12.5. The van der Waals surface area contributed by atoms with E-state index in [0.717, 1.165) is 24.5 Å². The molecule has 2 atom stereocenters. The van der Waals surface area contributed by atoms with Gasteiger partial charge in [0.25, 0.3) is 0 Å². The molecule has 138 valence electrons. The summed E-state index contributed by atoms with van der Waals surface area (Å²) in [7, 11) is -3.12. The summed E-state index contributed by atoms with van der Waals surface area (Å²) in [6.45, 7) is 2.91. The Morgan fingerprint density at radius 3 is 2.38 bits per heavy atom. The van der Waals surface area contributed by atoms with Crippen LogP contribution in [-0.2, 0) is 9.84 Å². The van der Waals surface area contributed by atoms with Gasteiger partial charge >= 0.3 is 0 Å². The van der Waals surface area contributed by atoms with E-state index in [0.29, 0.717) is 18.9 Å². The highest BCUT2D eigenvalue weighted by atomic mass is 32.2. The van der Waals surface area contributed by atoms with Gasteiger partial charge in [-0.05, 0) is 6.07 Å². The third-order valence-electron chi connectivity index (χ3n) is 5.07. The molecule has 1 aromatic carbocycles. The summed E-state index contributed by atoms with van der Waals surface area (Å²) in [5.41, 5.74) is 0.979. The summed E-state index contributed by atoms with van der Waals surface area (Å²) >= 11 is 0. The monoisotopic (exact) mass is 374 g/mol. The topological polar surface area (TPSA) is 86.6 Å². The molecule has 8 heteroatoms. The van der Waals surface area contributed by atoms with Gasteiger partial charge in [-0.1, -0.05) is 30.3 Å². The fraction of sp³-hybridized carbons (Fsp3) is 0.444. The van der Waals surface area contributed by atoms with Gasteiger partial charge in [-0.15, -0.1) is 0 Å². The number of aliphatic hydroxyl groups excluding tert-OH is 1. The van der Waals surface area contributed by atoms with Crippen molar-refractivity contribution < 1.29 is 13.5 Å². The van der Waals surface area contributed by atoms with Gasteiger partial charge in [0.2, 0.25) is 0 Å². The van der Waals surface area contributed by atoms with Gasteiger partial charge in [0.1, 0.15) is 5.82 Å². The van der Waals surface area contributed by atoms with Gasteiger partial charge in [-0.25, -0.2) is 18.4 Å². The van der Waals surface area contributed by atoms with E-state index < -0.39 is 15.9 Å². The highest BCUT2D eigenvalue weighted by Gasteiger charge is 2.40. The molecule has 3 heterocycles. The smallest absolute Gasteiger partial charge is 0.161 e. The maximum atomic E-state index is 11.7. The molecule has 1 aromatic heterocycles. The van der Waals surface area contributed by atoms with Crippen LogP contribution in [0.1, 0.15) is 0 Å². The van der Waals surface area contributed by atoms with Crippen LogP contribution in [-0.4, -0.2) is 78.2 Å². The van der Waals surface area contributed by atoms with Crippen molar-refractivity contribution in [2.24, 2.45) is 0 Å². The van der Waals surface area contributed by atoms with E-state index in [9.17, 15) is 13.5 Å². The summed E-state index contributed by atoms with van der Waals surface area (Å²) in [4.78, 5) is 13.3. The lowest BCUT2D eigenvalue weighted by molar-refractivity contribution is 0.0792. The lowest BCUT2D eigenvalue weighted by Crippen LogP contribution is -2.53. The Morgan fingerprint density at radius 1 is 1.00 bits per heavy atom. The van der Waals surface area contributed by atoms with Crippen LogP contribution in [0.15, 0.2) is 42.6 Å². The fourth-order valence-electron chi connectivity index (χ4n) is 3.69. The Bertz CT molecular complexity index is 867. The molecule has 0 saturated carbocycles. The molecule has 26 heavy (non-hydrogen) atoms. The van der Waals surface area contributed by atoms with Gasteiger partial charge in [-0.3, -0.25) is 4.90 Å². The first-order valence-electron chi connectivity index (χ1n) is 8.78. The van der Waals surface area contributed by atoms with Crippen LogP contribution >= 0.6 is 0 Å². The van der Waals surface area contributed by atoms with Crippen molar-refractivity contribution in [2.45, 2.75) is 12.1 Å². The van der Waals surface area contributed by atoms with Crippen molar-refractivity contribution in [1.82, 2.24) is 14.9 Å². The molecule has 0 aliphatic carbocycles. The Kier molecular flexibility index (Phi) is 4.64. The van der Waals surface area contributed by atoms with E-state index in [-0.39, 0.29) is 17.5 Å². The average molecular weight is 374 g/mol. The van der Waals surface area contributed by atoms with E-state index in [2.05, 4.69) is 19.8 Å². The van der Waals surface area contributed by atoms with Gasteiger partial charge in [0, 0.05) is 37.9 Å². The van der Waals surface area contributed by atoms with Crippen LogP contribution in [0, 0.1) is 0 Å². The number of aromatic nitrogens is 2. The van der Waals surface area contributed by atoms with E-state index in [1.54, 1.807) is 6.20 Å². The van der Waals surface area contributed by atoms with Crippen molar-refractivity contribution in [3.63, 3.8) is 0 Å². The zero-order valence-electron chi connectivity index (χ0n) is 14.4. The molecule has 0 radical (unpaired) electrons. The Labute approximate surface area is 153 Å². The molecule has 2 saturated heterocycles. The number of anilines is 1. The van der Waals surface area contributed by atoms with E-state index in [1.165, 1.54) is 0 Å². The van der Waals surface area contributed by atoms with E-state index in [1.807, 2.05) is 36.4 Å². The highest BCUT2D eigenvalue weighted by Crippen LogP contribution is 2.23. The van der Waals surface area contributed by atoms with Crippen molar-refractivity contribution in [3.05, 3.63) is 42.6 Å². The first kappa shape index (κ1) is 17.4. The number of nitrogens with zero attached hydrogens (tertiary/aromatic N) is 4. The number of benzene rings is 1. The molecule has 0 bridgehead atoms. The third-order valence-corrected chi connectivity index (χ3v) is 6.77. The second kappa shape index (κ2) is 6.94. The minimum Gasteiger partial charge on any atom is -0.390 e. The van der Waals surface area contributed by atoms with E-state index in [4.69, 9.17) is 0 Å². The van der Waals surface area contributed by atoms with Crippen LogP contribution in [0.2, 0.25) is 0 Å². The number of aliphatic hydroxyl groups is 1. The predicted octanol–water partition coefficient (Wildman–Crippen LogP) is 0.423. The molecule has 7 nitrogen and oxygen atoms in total. The fourth-order valence-corrected chi connectivity index (χ4v) is 5.53. The first-order valence-corrected chi connectivity index (χ1v) is 10.6. The quantitative estimate of drug-likeness (QED) is 0.833. The van der Waals surface area contributed by atoms with Gasteiger partial charge in [-0.2, -0.15) is 0 Å². The lowest BCUT2D eigenvalue weighted by Gasteiger charge is -2.39. The SMILES string of the molecule is O=S1(=O)C[C@@H](N2CCN(c3ccnc(-c4ccccc4)n3)CC2)[C@@H](O)C1. The van der Waals surface area contributed by atoms with Crippen LogP contribution in [0.25, 0.3) is 11.4 Å². The summed E-state index contributed by atoms with van der Waals surface area (Å²) in [5.74, 6) is 1.50. The molecular weight excluding hydrogens is 352 g/mol. The second-order valence-corrected chi connectivity index (χ2v) is 8.99. The van der Waals surface area contributed by atoms with Crippen molar-refractivity contribution in [1.29, 1.82) is 0 Å². The lowest BCUT2D eigenvalue weighted by atomic mass is 10.1. The van der Waals surface area contributed by atoms with E-state index >= 15 is 0 Å². The summed E-state index contributed by atoms with van der Waals surface area (Å²) in [6, 6.07) is 11.5. The average Bonchev–Trinajstić information content (AvgIpc) is 2.95. The Morgan fingerprint density at radius 2 is 1.73 bits per heavy atom. The molecule has 2 aliphatic rings. The van der Waals surface area contributed by atoms with Crippen LogP contribution in [0.3, 0.4) is 0 Å². The summed E-state index contributed by atoms with van der Waals surface area (Å²) < 4.78 is 23.5. The zero-order valence-corrected chi connectivity index (χ0v) is 15.2. The molecule has 2 aromatic rings. The number of rotatable bonds is 3. The molecule has 4 rings (SSSR count). The molecule has 0 unspecified atom stereocenters. The Hall–Kier alpha value is -2.03. The van der Waals surface area contributed by atoms with Crippen LogP contribution in [0.4, 0.5) is 5.82 Å². The predicted molar refractivity (Wildman–Crippen MR) is 99.7 cm³/mol. The molecule has 0 spiro atoms. The van der Waals surface area contributed by atoms with Crippen molar-refractivity contribution in [2.75, 3.05) is 42.6 Å². The normalized spacial score (nSPS) is 26.1. The largest absolute Gasteiger partial charge is 0.390 e. The second-order valence-electron chi connectivity index (χ2n) is 6.84. The number of hydrogen-bond donors (Lipinski definition) is 1. The zero-order chi connectivity index (χ0) is 18.1. The molecule has 2 fully saturated rings. The maximum Gasteiger partial charge on any atom is 0.161 e. The minimum atomic E-state index is -3.12. The van der Waals surface area contributed by atoms with Crippen molar-refractivity contribution in [3.8, 4) is 11.4 Å². The summed E-state index contributed by atoms with van der Waals surface area (Å²) in [6.07, 6.45) is 0.986. The molecule has 0 amide bonds. The molecular formula is C18H22N4O3S. The third kappa shape index (κ3) is 3.58. The molecule has 1 N–H and O–H groups in total. The minimum absolute atomic E-state index is 0.0554. The highest BCUT2D eigenvalue weighted by molar-refractivity contribution is 7.91. The maximum absolute atomic E-state index is 11.7. The number of sulfone groups is 1. The van der Waals surface area contributed by atoms with Gasteiger partial charge in [0.15, 0.2) is 15.7 Å². The van der Waals surface area contributed by atoms with Crippen LogP contribution < -0.4 is 4.90 Å². The Balaban J connectivity index is 1.44. The number of hydrogen-bond acceptors (Lipinski definition) is 7. The van der Waals surface area contributed by atoms with Gasteiger partial charge in [0.05, 0.1) is 23.7 Å². The molecule has 2 aliphatic heterocycles. The standard InChI is InChI=1S/C18H22N4O3S/c23-16-13-26(24,25)12-15(16)21-8-10-22(11-9-21)17-6-7-19-18(20-17)14-4-2-1-3-5-14/h1-7,15-16,23H,8-13H2/t15-,16+/m1/s1. The summed E-state index contributed by atoms with van der Waals surface area (Å²) in [5, 5.41) is 10.1. The van der Waals surface area contributed by atoms with Gasteiger partial charge < -0.3 is 10.0 Å². The van der Waals surface area contributed by atoms with Crippen LogP contribution in [0.5, 0.6) is 0 Å². The van der Waals surface area contributed by atoms with Crippen molar-refractivity contribution >= 4 is 15.7 Å².